The number of hydrogen-bond acceptors (Lipinski definition) is 5. The molecular formula is C28H16N4O2. The molecule has 0 aliphatic heterocycles. The van der Waals surface area contributed by atoms with E-state index in [9.17, 15) is 5.26 Å². The van der Waals surface area contributed by atoms with Crippen LogP contribution in [0.25, 0.3) is 26.5 Å². The number of aliphatic imine (C=N–C) groups is 1. The fraction of sp³-hybridized carbons (Fsp3) is 0. The molecule has 0 aromatic heterocycles. The van der Waals surface area contributed by atoms with E-state index in [4.69, 9.17) is 16.0 Å². The van der Waals surface area contributed by atoms with Crippen LogP contribution in [0.1, 0.15) is 0 Å². The van der Waals surface area contributed by atoms with Gasteiger partial charge in [-0.15, -0.1) is 4.95 Å². The minimum atomic E-state index is 0.273. The first kappa shape index (κ1) is 20.7. The molecule has 34 heavy (non-hydrogen) atoms. The van der Waals surface area contributed by atoms with Crippen molar-refractivity contribution in [2.24, 2.45) is 10.1 Å². The highest BCUT2D eigenvalue weighted by atomic mass is 16.5. The fourth-order valence-electron chi connectivity index (χ4n) is 3.78. The highest BCUT2D eigenvalue weighted by molar-refractivity contribution is 6.23. The van der Waals surface area contributed by atoms with Gasteiger partial charge in [0.1, 0.15) is 17.2 Å². The zero-order valence-electron chi connectivity index (χ0n) is 17.8. The number of nitriles is 1. The van der Waals surface area contributed by atoms with Crippen molar-refractivity contribution in [3.8, 4) is 17.7 Å². The number of ether oxygens (including phenoxy) is 2. The van der Waals surface area contributed by atoms with Crippen molar-refractivity contribution in [1.82, 2.24) is 0 Å². The van der Waals surface area contributed by atoms with E-state index < -0.39 is 0 Å². The summed E-state index contributed by atoms with van der Waals surface area (Å²) in [6.45, 7) is 7.27. The molecule has 0 amide bonds. The molecule has 0 radical (unpaired) electrons. The van der Waals surface area contributed by atoms with E-state index in [1.54, 1.807) is 12.2 Å². The van der Waals surface area contributed by atoms with E-state index in [0.717, 1.165) is 21.5 Å². The summed E-state index contributed by atoms with van der Waals surface area (Å²) in [5.41, 5.74) is 0.546. The van der Waals surface area contributed by atoms with Crippen molar-refractivity contribution in [1.29, 1.82) is 5.26 Å². The van der Waals surface area contributed by atoms with Gasteiger partial charge < -0.3 is 9.47 Å². The third-order valence-corrected chi connectivity index (χ3v) is 5.31. The van der Waals surface area contributed by atoms with Gasteiger partial charge in [-0.2, -0.15) is 16.8 Å². The standard InChI is InChI=1S/C28H16N4O2/c1-30-32-24-17-27(33-25-14-6-10-19-8-2-4-12-21(19)25)23(31-18-29)16-28(24)34-26-15-7-11-20-9-3-5-13-22(20)26/h2-17H/b31-23?,32-24-. The Morgan fingerprint density at radius 2 is 1.18 bits per heavy atom. The average Bonchev–Trinajstić information content (AvgIpc) is 2.87. The Labute approximate surface area is 195 Å². The molecule has 4 aromatic rings. The fourth-order valence-corrected chi connectivity index (χ4v) is 3.78. The second kappa shape index (κ2) is 9.12. The number of nitrogens with zero attached hydrogens (tertiary/aromatic N) is 4. The molecule has 6 nitrogen and oxygen atoms in total. The van der Waals surface area contributed by atoms with Gasteiger partial charge in [0.25, 0.3) is 0 Å². The van der Waals surface area contributed by atoms with Crippen molar-refractivity contribution < 1.29 is 9.47 Å². The van der Waals surface area contributed by atoms with E-state index in [0.29, 0.717) is 23.0 Å². The molecule has 5 rings (SSSR count). The third kappa shape index (κ3) is 4.00. The lowest BCUT2D eigenvalue weighted by Gasteiger charge is -2.18. The minimum Gasteiger partial charge on any atom is -0.454 e. The Balaban J connectivity index is 1.55. The molecular weight excluding hydrogens is 424 g/mol. The SMILES string of the molecule is [C-]#[N+]/N=C1/C=C(Oc2cccc3ccccc23)C(=NC#N)C=C1Oc1cccc2ccccc12. The van der Waals surface area contributed by atoms with E-state index in [-0.39, 0.29) is 11.4 Å². The number of benzene rings is 4. The van der Waals surface area contributed by atoms with Crippen LogP contribution < -0.4 is 9.47 Å². The second-order valence-electron chi connectivity index (χ2n) is 7.36. The number of rotatable bonds is 4. The van der Waals surface area contributed by atoms with Gasteiger partial charge >= 0.3 is 0 Å². The zero-order chi connectivity index (χ0) is 23.3. The van der Waals surface area contributed by atoms with Crippen molar-refractivity contribution in [3.05, 3.63) is 120 Å². The predicted octanol–water partition coefficient (Wildman–Crippen LogP) is 6.43. The van der Waals surface area contributed by atoms with Crippen LogP contribution in [0, 0.1) is 18.0 Å². The third-order valence-electron chi connectivity index (χ3n) is 5.31. The van der Waals surface area contributed by atoms with Gasteiger partial charge in [0, 0.05) is 22.9 Å². The Kier molecular flexibility index (Phi) is 5.55. The Morgan fingerprint density at radius 3 is 1.74 bits per heavy atom. The van der Waals surface area contributed by atoms with Gasteiger partial charge in [0.05, 0.1) is 5.10 Å². The Morgan fingerprint density at radius 1 is 0.676 bits per heavy atom. The van der Waals surface area contributed by atoms with Gasteiger partial charge in [-0.3, -0.25) is 0 Å². The summed E-state index contributed by atoms with van der Waals surface area (Å²) in [6, 6.07) is 27.1. The lowest BCUT2D eigenvalue weighted by molar-refractivity contribution is 0.447. The molecule has 0 heterocycles. The second-order valence-corrected chi connectivity index (χ2v) is 7.36. The summed E-state index contributed by atoms with van der Waals surface area (Å²) < 4.78 is 12.4. The summed E-state index contributed by atoms with van der Waals surface area (Å²) in [5, 5.41) is 17.1. The van der Waals surface area contributed by atoms with Crippen LogP contribution in [0.4, 0.5) is 0 Å². The van der Waals surface area contributed by atoms with Crippen LogP contribution in [0.5, 0.6) is 11.5 Å². The van der Waals surface area contributed by atoms with Crippen LogP contribution in [0.15, 0.2) is 119 Å². The van der Waals surface area contributed by atoms with Gasteiger partial charge in [0.15, 0.2) is 17.2 Å². The van der Waals surface area contributed by atoms with E-state index in [1.165, 1.54) is 0 Å². The maximum Gasteiger partial charge on any atom is 0.206 e. The van der Waals surface area contributed by atoms with Crippen LogP contribution >= 0.6 is 0 Å². The van der Waals surface area contributed by atoms with Crippen LogP contribution in [-0.2, 0) is 0 Å². The van der Waals surface area contributed by atoms with Crippen LogP contribution in [0.2, 0.25) is 0 Å². The Bertz CT molecular complexity index is 1500. The first-order valence-electron chi connectivity index (χ1n) is 10.4. The van der Waals surface area contributed by atoms with E-state index in [1.807, 2.05) is 91.1 Å². The summed E-state index contributed by atoms with van der Waals surface area (Å²) in [6.07, 6.45) is 4.95. The van der Waals surface area contributed by atoms with Gasteiger partial charge in [0.2, 0.25) is 6.19 Å². The lowest BCUT2D eigenvalue weighted by atomic mass is 10.1. The minimum absolute atomic E-state index is 0.273. The lowest BCUT2D eigenvalue weighted by Crippen LogP contribution is -2.20. The molecule has 0 saturated carbocycles. The van der Waals surface area contributed by atoms with Crippen LogP contribution in [0.3, 0.4) is 0 Å². The maximum atomic E-state index is 9.29. The number of hydrogen-bond donors (Lipinski definition) is 0. The van der Waals surface area contributed by atoms with Crippen molar-refractivity contribution in [3.63, 3.8) is 0 Å². The van der Waals surface area contributed by atoms with Crippen molar-refractivity contribution in [2.75, 3.05) is 0 Å². The molecule has 0 spiro atoms. The summed E-state index contributed by atoms with van der Waals surface area (Å²) in [5.74, 6) is 1.80. The first-order chi connectivity index (χ1) is 16.8. The zero-order valence-corrected chi connectivity index (χ0v) is 17.8. The average molecular weight is 440 g/mol. The topological polar surface area (TPSA) is 71.3 Å². The first-order valence-corrected chi connectivity index (χ1v) is 10.4. The normalized spacial score (nSPS) is 15.5. The van der Waals surface area contributed by atoms with Gasteiger partial charge in [-0.1, -0.05) is 72.8 Å². The highest BCUT2D eigenvalue weighted by Gasteiger charge is 2.24. The smallest absolute Gasteiger partial charge is 0.206 e. The Hall–Kier alpha value is -5.20. The summed E-state index contributed by atoms with van der Waals surface area (Å²) >= 11 is 0. The van der Waals surface area contributed by atoms with Gasteiger partial charge in [-0.05, 0) is 22.9 Å². The largest absolute Gasteiger partial charge is 0.454 e. The molecule has 6 heteroatoms. The summed E-state index contributed by atoms with van der Waals surface area (Å²) in [4.78, 5) is 7.12. The van der Waals surface area contributed by atoms with Crippen LogP contribution in [-0.4, -0.2) is 11.4 Å². The van der Waals surface area contributed by atoms with Gasteiger partial charge in [-0.25, -0.2) is 0 Å². The summed E-state index contributed by atoms with van der Waals surface area (Å²) in [7, 11) is 0. The molecule has 0 bridgehead atoms. The molecule has 0 N–H and O–H groups in total. The molecule has 1 aliphatic carbocycles. The predicted molar refractivity (Wildman–Crippen MR) is 132 cm³/mol. The number of allylic oxidation sites excluding steroid dienone is 2. The monoisotopic (exact) mass is 440 g/mol. The van der Waals surface area contributed by atoms with Crippen molar-refractivity contribution >= 4 is 33.0 Å². The number of fused-ring (bicyclic) bond motifs is 2. The van der Waals surface area contributed by atoms with E-state index >= 15 is 0 Å². The quantitative estimate of drug-likeness (QED) is 0.159. The molecule has 160 valence electrons. The molecule has 1 aliphatic rings. The maximum absolute atomic E-state index is 9.29. The highest BCUT2D eigenvalue weighted by Crippen LogP contribution is 2.31. The van der Waals surface area contributed by atoms with E-state index in [2.05, 4.69) is 15.0 Å². The molecule has 4 aromatic carbocycles. The molecule has 0 saturated heterocycles. The molecule has 0 atom stereocenters. The van der Waals surface area contributed by atoms with Crippen molar-refractivity contribution in [2.45, 2.75) is 0 Å². The molecule has 0 unspecified atom stereocenters. The molecule has 0 fully saturated rings.